The van der Waals surface area contributed by atoms with E-state index < -0.39 is 10.0 Å². The number of nitrogens with zero attached hydrogens (tertiary/aromatic N) is 2. The van der Waals surface area contributed by atoms with Crippen molar-refractivity contribution in [1.82, 2.24) is 14.5 Å². The van der Waals surface area contributed by atoms with Gasteiger partial charge in [-0.25, -0.2) is 13.1 Å². The molecular formula is C18H29N3O4S. The summed E-state index contributed by atoms with van der Waals surface area (Å²) in [6.07, 6.45) is 0.195. The van der Waals surface area contributed by atoms with Crippen LogP contribution in [0, 0.1) is 0 Å². The maximum Gasteiger partial charge on any atom is 0.240 e. The van der Waals surface area contributed by atoms with Gasteiger partial charge in [-0.05, 0) is 44.7 Å². The number of nitrogens with one attached hydrogen (secondary N) is 1. The van der Waals surface area contributed by atoms with E-state index in [1.807, 2.05) is 13.8 Å². The zero-order valence-corrected chi connectivity index (χ0v) is 16.6. The van der Waals surface area contributed by atoms with E-state index in [1.165, 1.54) is 12.1 Å². The van der Waals surface area contributed by atoms with Crippen LogP contribution in [-0.4, -0.2) is 69.5 Å². The third-order valence-corrected chi connectivity index (χ3v) is 5.79. The smallest absolute Gasteiger partial charge is 0.240 e. The highest BCUT2D eigenvalue weighted by Gasteiger charge is 2.21. The standard InChI is InChI=1S/C18H29N3O4S/c1-4-20-11-13-21(14-12-20)18(22)9-10-19-26(23,24)17-7-5-16(6-8-17)25-15(2)3/h5-8,15,19H,4,9-14H2,1-3H3. The molecule has 0 aliphatic carbocycles. The summed E-state index contributed by atoms with van der Waals surface area (Å²) in [7, 11) is -3.63. The van der Waals surface area contributed by atoms with Crippen molar-refractivity contribution in [3.8, 4) is 5.75 Å². The largest absolute Gasteiger partial charge is 0.491 e. The van der Waals surface area contributed by atoms with E-state index in [1.54, 1.807) is 17.0 Å². The van der Waals surface area contributed by atoms with E-state index in [2.05, 4.69) is 16.5 Å². The molecule has 0 atom stereocenters. The molecule has 0 bridgehead atoms. The van der Waals surface area contributed by atoms with Crippen molar-refractivity contribution in [3.63, 3.8) is 0 Å². The number of benzene rings is 1. The Balaban J connectivity index is 1.81. The maximum atomic E-state index is 12.3. The Kier molecular flexibility index (Phi) is 7.43. The maximum absolute atomic E-state index is 12.3. The summed E-state index contributed by atoms with van der Waals surface area (Å²) in [6, 6.07) is 6.28. The molecule has 1 aliphatic rings. The fraction of sp³-hybridized carbons (Fsp3) is 0.611. The molecule has 0 aromatic heterocycles. The molecule has 1 aromatic rings. The molecule has 0 saturated carbocycles. The second-order valence-corrected chi connectivity index (χ2v) is 8.37. The van der Waals surface area contributed by atoms with E-state index in [0.29, 0.717) is 18.8 Å². The summed E-state index contributed by atoms with van der Waals surface area (Å²) in [5.41, 5.74) is 0. The lowest BCUT2D eigenvalue weighted by Gasteiger charge is -2.34. The number of likely N-dealkylation sites (N-methyl/N-ethyl adjacent to an activating group) is 1. The first-order valence-electron chi connectivity index (χ1n) is 9.08. The molecule has 8 heteroatoms. The molecule has 2 rings (SSSR count). The van der Waals surface area contributed by atoms with Crippen LogP contribution in [0.3, 0.4) is 0 Å². The molecule has 1 heterocycles. The van der Waals surface area contributed by atoms with Crippen molar-refractivity contribution in [3.05, 3.63) is 24.3 Å². The molecule has 1 aliphatic heterocycles. The number of carbonyl (C=O) groups excluding carboxylic acids is 1. The van der Waals surface area contributed by atoms with Gasteiger partial charge in [0.2, 0.25) is 15.9 Å². The summed E-state index contributed by atoms with van der Waals surface area (Å²) in [4.78, 5) is 16.5. The van der Waals surface area contributed by atoms with Gasteiger partial charge in [-0.2, -0.15) is 0 Å². The van der Waals surface area contributed by atoms with Crippen LogP contribution in [0.4, 0.5) is 0 Å². The predicted octanol–water partition coefficient (Wildman–Crippen LogP) is 1.31. The highest BCUT2D eigenvalue weighted by Crippen LogP contribution is 2.17. The molecule has 1 N–H and O–H groups in total. The SMILES string of the molecule is CCN1CCN(C(=O)CCNS(=O)(=O)c2ccc(OC(C)C)cc2)CC1. The molecule has 1 amide bonds. The summed E-state index contributed by atoms with van der Waals surface area (Å²) in [5.74, 6) is 0.615. The van der Waals surface area contributed by atoms with Gasteiger partial charge in [0.15, 0.2) is 0 Å². The first kappa shape index (κ1) is 20.7. The van der Waals surface area contributed by atoms with Gasteiger partial charge in [0.25, 0.3) is 0 Å². The Hall–Kier alpha value is -1.64. The molecule has 7 nitrogen and oxygen atoms in total. The number of hydrogen-bond acceptors (Lipinski definition) is 5. The van der Waals surface area contributed by atoms with Gasteiger partial charge in [-0.15, -0.1) is 0 Å². The molecule has 26 heavy (non-hydrogen) atoms. The third-order valence-electron chi connectivity index (χ3n) is 4.31. The number of ether oxygens (including phenoxy) is 1. The van der Waals surface area contributed by atoms with Crippen molar-refractivity contribution in [1.29, 1.82) is 0 Å². The first-order valence-corrected chi connectivity index (χ1v) is 10.6. The van der Waals surface area contributed by atoms with Crippen LogP contribution in [0.25, 0.3) is 0 Å². The van der Waals surface area contributed by atoms with E-state index in [9.17, 15) is 13.2 Å². The topological polar surface area (TPSA) is 79.0 Å². The molecule has 146 valence electrons. The van der Waals surface area contributed by atoms with Gasteiger partial charge < -0.3 is 14.5 Å². The number of carbonyl (C=O) groups is 1. The van der Waals surface area contributed by atoms with Crippen LogP contribution in [-0.2, 0) is 14.8 Å². The second-order valence-electron chi connectivity index (χ2n) is 6.60. The van der Waals surface area contributed by atoms with Crippen LogP contribution in [0.2, 0.25) is 0 Å². The Morgan fingerprint density at radius 3 is 2.31 bits per heavy atom. The quantitative estimate of drug-likeness (QED) is 0.732. The molecule has 0 radical (unpaired) electrons. The van der Waals surface area contributed by atoms with Gasteiger partial charge in [-0.3, -0.25) is 4.79 Å². The second kappa shape index (κ2) is 9.34. The predicted molar refractivity (Wildman–Crippen MR) is 101 cm³/mol. The van der Waals surface area contributed by atoms with Crippen molar-refractivity contribution in [2.24, 2.45) is 0 Å². The first-order chi connectivity index (χ1) is 12.3. The van der Waals surface area contributed by atoms with Crippen LogP contribution in [0.5, 0.6) is 5.75 Å². The number of piperazine rings is 1. The summed E-state index contributed by atoms with van der Waals surface area (Å²) in [5, 5.41) is 0. The minimum atomic E-state index is -3.63. The molecular weight excluding hydrogens is 354 g/mol. The summed E-state index contributed by atoms with van der Waals surface area (Å²) in [6.45, 7) is 10.2. The zero-order chi connectivity index (χ0) is 19.2. The Bertz CT molecular complexity index is 681. The Morgan fingerprint density at radius 1 is 1.15 bits per heavy atom. The Morgan fingerprint density at radius 2 is 1.77 bits per heavy atom. The van der Waals surface area contributed by atoms with E-state index in [0.717, 1.165) is 19.6 Å². The van der Waals surface area contributed by atoms with Gasteiger partial charge in [0.05, 0.1) is 11.0 Å². The van der Waals surface area contributed by atoms with Crippen molar-refractivity contribution in [2.75, 3.05) is 39.3 Å². The van der Waals surface area contributed by atoms with E-state index in [-0.39, 0.29) is 29.9 Å². The highest BCUT2D eigenvalue weighted by atomic mass is 32.2. The molecule has 1 fully saturated rings. The number of amides is 1. The number of hydrogen-bond donors (Lipinski definition) is 1. The van der Waals surface area contributed by atoms with E-state index >= 15 is 0 Å². The Labute approximate surface area is 156 Å². The summed E-state index contributed by atoms with van der Waals surface area (Å²) < 4.78 is 32.7. The van der Waals surface area contributed by atoms with Crippen LogP contribution in [0.1, 0.15) is 27.2 Å². The molecule has 0 spiro atoms. The van der Waals surface area contributed by atoms with Crippen molar-refractivity contribution < 1.29 is 17.9 Å². The minimum Gasteiger partial charge on any atom is -0.491 e. The van der Waals surface area contributed by atoms with Crippen LogP contribution < -0.4 is 9.46 Å². The molecule has 1 saturated heterocycles. The molecule has 0 unspecified atom stereocenters. The van der Waals surface area contributed by atoms with E-state index in [4.69, 9.17) is 4.74 Å². The highest BCUT2D eigenvalue weighted by molar-refractivity contribution is 7.89. The lowest BCUT2D eigenvalue weighted by Crippen LogP contribution is -2.49. The van der Waals surface area contributed by atoms with Crippen molar-refractivity contribution >= 4 is 15.9 Å². The number of sulfonamides is 1. The molecule has 1 aromatic carbocycles. The van der Waals surface area contributed by atoms with Crippen molar-refractivity contribution in [2.45, 2.75) is 38.2 Å². The normalized spacial score (nSPS) is 16.1. The van der Waals surface area contributed by atoms with Crippen LogP contribution >= 0.6 is 0 Å². The average molecular weight is 384 g/mol. The lowest BCUT2D eigenvalue weighted by molar-refractivity contribution is -0.132. The third kappa shape index (κ3) is 5.96. The zero-order valence-electron chi connectivity index (χ0n) is 15.8. The fourth-order valence-electron chi connectivity index (χ4n) is 2.82. The summed E-state index contributed by atoms with van der Waals surface area (Å²) >= 11 is 0. The fourth-order valence-corrected chi connectivity index (χ4v) is 3.85. The monoisotopic (exact) mass is 383 g/mol. The van der Waals surface area contributed by atoms with Gasteiger partial charge in [0, 0.05) is 39.1 Å². The van der Waals surface area contributed by atoms with Crippen LogP contribution in [0.15, 0.2) is 29.2 Å². The minimum absolute atomic E-state index is 0.0101. The van der Waals surface area contributed by atoms with Gasteiger partial charge >= 0.3 is 0 Å². The van der Waals surface area contributed by atoms with Gasteiger partial charge in [0.1, 0.15) is 5.75 Å². The average Bonchev–Trinajstić information content (AvgIpc) is 2.61. The lowest BCUT2D eigenvalue weighted by atomic mass is 10.3. The number of rotatable bonds is 8. The van der Waals surface area contributed by atoms with Gasteiger partial charge in [-0.1, -0.05) is 6.92 Å².